The van der Waals surface area contributed by atoms with Crippen molar-refractivity contribution in [1.82, 2.24) is 0 Å². The van der Waals surface area contributed by atoms with E-state index < -0.39 is 5.97 Å². The number of ether oxygens (including phenoxy) is 1. The summed E-state index contributed by atoms with van der Waals surface area (Å²) in [5, 5.41) is 9.11. The number of methoxy groups -OCH3 is 1. The van der Waals surface area contributed by atoms with Gasteiger partial charge in [0.1, 0.15) is 5.75 Å². The van der Waals surface area contributed by atoms with Gasteiger partial charge in [0.15, 0.2) is 5.78 Å². The second kappa shape index (κ2) is 7.54. The van der Waals surface area contributed by atoms with Gasteiger partial charge < -0.3 is 9.84 Å². The van der Waals surface area contributed by atoms with Crippen molar-refractivity contribution in [3.63, 3.8) is 0 Å². The number of carbonyl (C=O) groups is 3. The Labute approximate surface area is 168 Å². The fourth-order valence-corrected chi connectivity index (χ4v) is 4.17. The molecule has 1 atom stereocenters. The van der Waals surface area contributed by atoms with E-state index in [2.05, 4.69) is 0 Å². The second-order valence-electron chi connectivity index (χ2n) is 7.25. The van der Waals surface area contributed by atoms with E-state index >= 15 is 0 Å². The van der Waals surface area contributed by atoms with Crippen molar-refractivity contribution < 1.29 is 24.2 Å². The fourth-order valence-electron chi connectivity index (χ4n) is 4.17. The molecular weight excluding hydrogens is 370 g/mol. The predicted molar refractivity (Wildman–Crippen MR) is 107 cm³/mol. The van der Waals surface area contributed by atoms with Gasteiger partial charge in [-0.15, -0.1) is 0 Å². The molecule has 0 fully saturated rings. The Kier molecular flexibility index (Phi) is 4.92. The predicted octanol–water partition coefficient (Wildman–Crippen LogP) is 3.92. The SMILES string of the molecule is COc1ccc([C@@H]2CC(=O)N(c3ccc(C(=O)O)cc3)C3=C2C(=O)CCC3)cc1. The standard InChI is InChI=1S/C23H21NO5/c1-29-17-11-7-14(8-12-17)18-13-21(26)24(19-3-2-4-20(25)22(18)19)16-9-5-15(6-10-16)23(27)28/h5-12,18H,2-4,13H2,1H3,(H,27,28)/t18-/m0/s1. The van der Waals surface area contributed by atoms with Gasteiger partial charge in [-0.1, -0.05) is 12.1 Å². The molecule has 2 aliphatic rings. The van der Waals surface area contributed by atoms with E-state index in [9.17, 15) is 14.4 Å². The first kappa shape index (κ1) is 18.9. The molecule has 2 aromatic carbocycles. The summed E-state index contributed by atoms with van der Waals surface area (Å²) in [6.45, 7) is 0. The topological polar surface area (TPSA) is 83.9 Å². The molecule has 1 heterocycles. The van der Waals surface area contributed by atoms with Gasteiger partial charge in [-0.2, -0.15) is 0 Å². The van der Waals surface area contributed by atoms with Gasteiger partial charge in [0.25, 0.3) is 0 Å². The molecule has 1 amide bonds. The highest BCUT2D eigenvalue weighted by Gasteiger charge is 2.39. The molecule has 0 saturated carbocycles. The molecule has 29 heavy (non-hydrogen) atoms. The molecule has 0 radical (unpaired) electrons. The zero-order valence-corrected chi connectivity index (χ0v) is 16.1. The quantitative estimate of drug-likeness (QED) is 0.854. The highest BCUT2D eigenvalue weighted by Crippen LogP contribution is 2.43. The minimum Gasteiger partial charge on any atom is -0.497 e. The number of carbonyl (C=O) groups excluding carboxylic acids is 2. The Balaban J connectivity index is 1.78. The van der Waals surface area contributed by atoms with Gasteiger partial charge in [0.05, 0.1) is 12.7 Å². The van der Waals surface area contributed by atoms with Crippen molar-refractivity contribution in [3.8, 4) is 5.75 Å². The molecule has 4 rings (SSSR count). The van der Waals surface area contributed by atoms with E-state index in [-0.39, 0.29) is 29.6 Å². The number of nitrogens with zero attached hydrogens (tertiary/aromatic N) is 1. The number of allylic oxidation sites excluding steroid dienone is 2. The lowest BCUT2D eigenvalue weighted by molar-refractivity contribution is -0.119. The maximum atomic E-state index is 13.1. The molecule has 0 aromatic heterocycles. The maximum Gasteiger partial charge on any atom is 0.335 e. The Bertz CT molecular complexity index is 1000. The summed E-state index contributed by atoms with van der Waals surface area (Å²) >= 11 is 0. The number of benzene rings is 2. The number of ketones is 1. The molecule has 0 bridgehead atoms. The van der Waals surface area contributed by atoms with Gasteiger partial charge in [0, 0.05) is 35.7 Å². The van der Waals surface area contributed by atoms with Gasteiger partial charge in [-0.25, -0.2) is 4.79 Å². The molecule has 0 saturated heterocycles. The molecule has 2 aromatic rings. The van der Waals surface area contributed by atoms with E-state index in [0.717, 1.165) is 17.0 Å². The summed E-state index contributed by atoms with van der Waals surface area (Å²) in [7, 11) is 1.60. The zero-order chi connectivity index (χ0) is 20.5. The van der Waals surface area contributed by atoms with Gasteiger partial charge >= 0.3 is 5.97 Å². The summed E-state index contributed by atoms with van der Waals surface area (Å²) in [5.74, 6) is -0.589. The number of hydrogen-bond donors (Lipinski definition) is 1. The van der Waals surface area contributed by atoms with Crippen LogP contribution in [-0.2, 0) is 9.59 Å². The lowest BCUT2D eigenvalue weighted by Crippen LogP contribution is -2.40. The smallest absolute Gasteiger partial charge is 0.335 e. The summed E-state index contributed by atoms with van der Waals surface area (Å²) in [6.07, 6.45) is 2.01. The Morgan fingerprint density at radius 2 is 1.72 bits per heavy atom. The summed E-state index contributed by atoms with van der Waals surface area (Å²) in [5.41, 5.74) is 3.10. The lowest BCUT2D eigenvalue weighted by Gasteiger charge is -2.38. The minimum absolute atomic E-state index is 0.0757. The molecule has 6 heteroatoms. The third-order valence-electron chi connectivity index (χ3n) is 5.57. The normalized spacial score (nSPS) is 19.2. The molecule has 148 valence electrons. The first-order chi connectivity index (χ1) is 14.0. The molecule has 0 spiro atoms. The molecule has 6 nitrogen and oxygen atoms in total. The van der Waals surface area contributed by atoms with E-state index in [4.69, 9.17) is 9.84 Å². The van der Waals surface area contributed by atoms with Crippen LogP contribution in [0.3, 0.4) is 0 Å². The van der Waals surface area contributed by atoms with Crippen molar-refractivity contribution >= 4 is 23.3 Å². The van der Waals surface area contributed by atoms with Crippen molar-refractivity contribution in [1.29, 1.82) is 0 Å². The van der Waals surface area contributed by atoms with Crippen molar-refractivity contribution in [2.45, 2.75) is 31.6 Å². The van der Waals surface area contributed by atoms with Crippen molar-refractivity contribution in [3.05, 3.63) is 70.9 Å². The van der Waals surface area contributed by atoms with E-state index in [1.165, 1.54) is 12.1 Å². The van der Waals surface area contributed by atoms with E-state index in [0.29, 0.717) is 30.5 Å². The van der Waals surface area contributed by atoms with Crippen LogP contribution in [0, 0.1) is 0 Å². The average Bonchev–Trinajstić information content (AvgIpc) is 2.73. The van der Waals surface area contributed by atoms with E-state index in [1.807, 2.05) is 24.3 Å². The van der Waals surface area contributed by atoms with Gasteiger partial charge in [0.2, 0.25) is 5.91 Å². The summed E-state index contributed by atoms with van der Waals surface area (Å²) in [6, 6.07) is 13.7. The molecular formula is C23H21NO5. The van der Waals surface area contributed by atoms with Crippen LogP contribution in [-0.4, -0.2) is 29.9 Å². The first-order valence-electron chi connectivity index (χ1n) is 9.56. The number of Topliss-reactive ketones (excluding diaryl/α,β-unsaturated/α-hetero) is 1. The van der Waals surface area contributed by atoms with Crippen LogP contribution in [0.4, 0.5) is 5.69 Å². The molecule has 1 aliphatic carbocycles. The van der Waals surface area contributed by atoms with E-state index in [1.54, 1.807) is 24.1 Å². The third-order valence-corrected chi connectivity index (χ3v) is 5.57. The van der Waals surface area contributed by atoms with Crippen LogP contribution in [0.2, 0.25) is 0 Å². The Morgan fingerprint density at radius 1 is 1.03 bits per heavy atom. The van der Waals surface area contributed by atoms with Gasteiger partial charge in [-0.05, 0) is 54.8 Å². The highest BCUT2D eigenvalue weighted by atomic mass is 16.5. The molecule has 1 N–H and O–H groups in total. The Hall–Kier alpha value is -3.41. The monoisotopic (exact) mass is 391 g/mol. The van der Waals surface area contributed by atoms with Crippen LogP contribution in [0.5, 0.6) is 5.75 Å². The Morgan fingerprint density at radius 3 is 2.34 bits per heavy atom. The summed E-state index contributed by atoms with van der Waals surface area (Å²) in [4.78, 5) is 38.7. The number of amides is 1. The first-order valence-corrected chi connectivity index (χ1v) is 9.56. The van der Waals surface area contributed by atoms with Gasteiger partial charge in [-0.3, -0.25) is 14.5 Å². The second-order valence-corrected chi connectivity index (χ2v) is 7.25. The number of carboxylic acid groups (broad SMARTS) is 1. The highest BCUT2D eigenvalue weighted by molar-refractivity contribution is 6.07. The van der Waals surface area contributed by atoms with Crippen LogP contribution in [0.1, 0.15) is 47.5 Å². The number of aromatic carboxylic acids is 1. The van der Waals surface area contributed by atoms with Crippen molar-refractivity contribution in [2.75, 3.05) is 12.0 Å². The maximum absolute atomic E-state index is 13.1. The third kappa shape index (κ3) is 3.42. The minimum atomic E-state index is -1.02. The fraction of sp³-hybridized carbons (Fsp3) is 0.261. The number of anilines is 1. The van der Waals surface area contributed by atoms with Crippen molar-refractivity contribution in [2.24, 2.45) is 0 Å². The van der Waals surface area contributed by atoms with Crippen LogP contribution in [0.15, 0.2) is 59.8 Å². The molecule has 0 unspecified atom stereocenters. The number of rotatable bonds is 4. The largest absolute Gasteiger partial charge is 0.497 e. The van der Waals surface area contributed by atoms with Crippen LogP contribution < -0.4 is 9.64 Å². The molecule has 1 aliphatic heterocycles. The zero-order valence-electron chi connectivity index (χ0n) is 16.1. The number of hydrogen-bond acceptors (Lipinski definition) is 4. The summed E-state index contributed by atoms with van der Waals surface area (Å²) < 4.78 is 5.21. The lowest BCUT2D eigenvalue weighted by atomic mass is 9.77. The van der Waals surface area contributed by atoms with Crippen LogP contribution >= 0.6 is 0 Å². The number of carboxylic acids is 1. The average molecular weight is 391 g/mol. The van der Waals surface area contributed by atoms with Crippen LogP contribution in [0.25, 0.3) is 0 Å².